The first-order chi connectivity index (χ1) is 11.3. The highest BCUT2D eigenvalue weighted by atomic mass is 16.2. The standard InChI is InChI=1S/C17H21N3O4/c1-4-12-5-7-13(8-6-12)18-14(21)10-20-16(23)15(22)19(17(20)24)9-11(2)3/h5-8,11H,4,9-10H2,1-3H3,(H,18,21). The number of hydrogen-bond acceptors (Lipinski definition) is 4. The minimum atomic E-state index is -0.961. The van der Waals surface area contributed by atoms with E-state index in [1.54, 1.807) is 12.1 Å². The average Bonchev–Trinajstić information content (AvgIpc) is 2.73. The van der Waals surface area contributed by atoms with Crippen molar-refractivity contribution in [3.8, 4) is 0 Å². The Morgan fingerprint density at radius 3 is 2.17 bits per heavy atom. The smallest absolute Gasteiger partial charge is 0.325 e. The second-order valence-corrected chi connectivity index (χ2v) is 6.08. The van der Waals surface area contributed by atoms with E-state index >= 15 is 0 Å². The maximum atomic E-state index is 12.2. The van der Waals surface area contributed by atoms with Crippen molar-refractivity contribution >= 4 is 29.4 Å². The molecule has 0 spiro atoms. The summed E-state index contributed by atoms with van der Waals surface area (Å²) in [6.07, 6.45) is 0.888. The van der Waals surface area contributed by atoms with Crippen LogP contribution in [0.3, 0.4) is 0 Å². The molecular formula is C17H21N3O4. The van der Waals surface area contributed by atoms with E-state index in [4.69, 9.17) is 0 Å². The molecule has 0 radical (unpaired) electrons. The number of hydrogen-bond donors (Lipinski definition) is 1. The SMILES string of the molecule is CCc1ccc(NC(=O)CN2C(=O)C(=O)N(CC(C)C)C2=O)cc1. The van der Waals surface area contributed by atoms with Gasteiger partial charge in [0.05, 0.1) is 0 Å². The summed E-state index contributed by atoms with van der Waals surface area (Å²) < 4.78 is 0. The fraction of sp³-hybridized carbons (Fsp3) is 0.412. The van der Waals surface area contributed by atoms with Crippen molar-refractivity contribution < 1.29 is 19.2 Å². The summed E-state index contributed by atoms with van der Waals surface area (Å²) in [6, 6.07) is 6.53. The van der Waals surface area contributed by atoms with Gasteiger partial charge < -0.3 is 5.32 Å². The zero-order valence-corrected chi connectivity index (χ0v) is 14.0. The maximum absolute atomic E-state index is 12.2. The number of benzene rings is 1. The highest BCUT2D eigenvalue weighted by Crippen LogP contribution is 2.15. The van der Waals surface area contributed by atoms with Crippen molar-refractivity contribution in [2.75, 3.05) is 18.4 Å². The molecule has 0 unspecified atom stereocenters. The minimum absolute atomic E-state index is 0.0385. The van der Waals surface area contributed by atoms with E-state index in [9.17, 15) is 19.2 Å². The molecule has 0 atom stereocenters. The Kier molecular flexibility index (Phi) is 5.33. The molecule has 1 saturated heterocycles. The van der Waals surface area contributed by atoms with Crippen LogP contribution in [0.2, 0.25) is 0 Å². The molecule has 0 bridgehead atoms. The zero-order valence-electron chi connectivity index (χ0n) is 14.0. The van der Waals surface area contributed by atoms with E-state index in [-0.39, 0.29) is 12.5 Å². The molecule has 0 saturated carbocycles. The Bertz CT molecular complexity index is 667. The Balaban J connectivity index is 2.01. The van der Waals surface area contributed by atoms with Crippen LogP contribution in [0.25, 0.3) is 0 Å². The summed E-state index contributed by atoms with van der Waals surface area (Å²) in [5.74, 6) is -2.33. The molecule has 1 heterocycles. The normalized spacial score (nSPS) is 14.8. The highest BCUT2D eigenvalue weighted by molar-refractivity contribution is 6.45. The van der Waals surface area contributed by atoms with Gasteiger partial charge in [0.2, 0.25) is 5.91 Å². The van der Waals surface area contributed by atoms with E-state index in [0.717, 1.165) is 16.9 Å². The molecule has 0 aliphatic carbocycles. The van der Waals surface area contributed by atoms with Gasteiger partial charge in [-0.25, -0.2) is 9.69 Å². The third-order valence-electron chi connectivity index (χ3n) is 3.63. The fourth-order valence-electron chi connectivity index (χ4n) is 2.38. The molecule has 24 heavy (non-hydrogen) atoms. The van der Waals surface area contributed by atoms with Crippen molar-refractivity contribution in [3.63, 3.8) is 0 Å². The molecule has 1 aromatic carbocycles. The van der Waals surface area contributed by atoms with Gasteiger partial charge >= 0.3 is 17.8 Å². The van der Waals surface area contributed by atoms with Crippen LogP contribution >= 0.6 is 0 Å². The lowest BCUT2D eigenvalue weighted by molar-refractivity contribution is -0.143. The van der Waals surface area contributed by atoms with Crippen LogP contribution in [0.15, 0.2) is 24.3 Å². The van der Waals surface area contributed by atoms with Crippen LogP contribution in [0.1, 0.15) is 26.3 Å². The summed E-state index contributed by atoms with van der Waals surface area (Å²) in [6.45, 7) is 5.37. The average molecular weight is 331 g/mol. The second-order valence-electron chi connectivity index (χ2n) is 6.08. The first-order valence-corrected chi connectivity index (χ1v) is 7.89. The minimum Gasteiger partial charge on any atom is -0.325 e. The Morgan fingerprint density at radius 1 is 1.04 bits per heavy atom. The zero-order chi connectivity index (χ0) is 17.9. The predicted molar refractivity (Wildman–Crippen MR) is 88.1 cm³/mol. The quantitative estimate of drug-likeness (QED) is 0.634. The van der Waals surface area contributed by atoms with Gasteiger partial charge in [-0.15, -0.1) is 0 Å². The number of aryl methyl sites for hydroxylation is 1. The number of nitrogens with zero attached hydrogens (tertiary/aromatic N) is 2. The molecular weight excluding hydrogens is 310 g/mol. The van der Waals surface area contributed by atoms with Gasteiger partial charge in [-0.1, -0.05) is 32.9 Å². The van der Waals surface area contributed by atoms with Gasteiger partial charge in [-0.3, -0.25) is 19.3 Å². The topological polar surface area (TPSA) is 86.8 Å². The van der Waals surface area contributed by atoms with Crippen LogP contribution in [0.5, 0.6) is 0 Å². The highest BCUT2D eigenvalue weighted by Gasteiger charge is 2.45. The van der Waals surface area contributed by atoms with Crippen molar-refractivity contribution in [2.24, 2.45) is 5.92 Å². The van der Waals surface area contributed by atoms with Gasteiger partial charge in [-0.05, 0) is 30.0 Å². The molecule has 128 valence electrons. The molecule has 1 fully saturated rings. The molecule has 1 N–H and O–H groups in total. The van der Waals surface area contributed by atoms with Gasteiger partial charge in [0, 0.05) is 12.2 Å². The lowest BCUT2D eigenvalue weighted by Gasteiger charge is -2.16. The summed E-state index contributed by atoms with van der Waals surface area (Å²) in [5, 5.41) is 2.62. The van der Waals surface area contributed by atoms with Crippen molar-refractivity contribution in [1.29, 1.82) is 0 Å². The molecule has 2 rings (SSSR count). The van der Waals surface area contributed by atoms with Crippen molar-refractivity contribution in [3.05, 3.63) is 29.8 Å². The van der Waals surface area contributed by atoms with Crippen molar-refractivity contribution in [2.45, 2.75) is 27.2 Å². The summed E-state index contributed by atoms with van der Waals surface area (Å²) in [5.41, 5.74) is 1.70. The Hall–Kier alpha value is -2.70. The number of carbonyl (C=O) groups excluding carboxylic acids is 4. The number of anilines is 1. The van der Waals surface area contributed by atoms with Crippen LogP contribution < -0.4 is 5.32 Å². The Morgan fingerprint density at radius 2 is 1.62 bits per heavy atom. The summed E-state index contributed by atoms with van der Waals surface area (Å²) in [4.78, 5) is 49.6. The van der Waals surface area contributed by atoms with Crippen LogP contribution in [-0.4, -0.2) is 46.6 Å². The second kappa shape index (κ2) is 7.25. The van der Waals surface area contributed by atoms with E-state index in [2.05, 4.69) is 5.32 Å². The lowest BCUT2D eigenvalue weighted by Crippen LogP contribution is -2.39. The summed E-state index contributed by atoms with van der Waals surface area (Å²) >= 11 is 0. The fourth-order valence-corrected chi connectivity index (χ4v) is 2.38. The lowest BCUT2D eigenvalue weighted by atomic mass is 10.1. The molecule has 0 aromatic heterocycles. The molecule has 7 heteroatoms. The number of nitrogens with one attached hydrogen (secondary N) is 1. The van der Waals surface area contributed by atoms with Gasteiger partial charge in [0.15, 0.2) is 0 Å². The number of urea groups is 1. The van der Waals surface area contributed by atoms with E-state index < -0.39 is 30.3 Å². The van der Waals surface area contributed by atoms with Gasteiger partial charge in [0.25, 0.3) is 0 Å². The monoisotopic (exact) mass is 331 g/mol. The third kappa shape index (κ3) is 3.79. The molecule has 5 amide bonds. The number of rotatable bonds is 6. The van der Waals surface area contributed by atoms with Crippen LogP contribution in [0.4, 0.5) is 10.5 Å². The van der Waals surface area contributed by atoms with Crippen molar-refractivity contribution in [1.82, 2.24) is 9.80 Å². The van der Waals surface area contributed by atoms with Gasteiger partial charge in [0.1, 0.15) is 6.54 Å². The first-order valence-electron chi connectivity index (χ1n) is 7.89. The summed E-state index contributed by atoms with van der Waals surface area (Å²) in [7, 11) is 0. The number of carbonyl (C=O) groups is 4. The molecule has 1 aliphatic heterocycles. The largest absolute Gasteiger partial charge is 0.334 e. The number of amides is 5. The molecule has 1 aromatic rings. The molecule has 1 aliphatic rings. The van der Waals surface area contributed by atoms with Crippen LogP contribution in [-0.2, 0) is 20.8 Å². The maximum Gasteiger partial charge on any atom is 0.334 e. The number of imide groups is 2. The molecule has 7 nitrogen and oxygen atoms in total. The Labute approximate surface area is 140 Å². The van der Waals surface area contributed by atoms with E-state index in [0.29, 0.717) is 10.6 Å². The predicted octanol–water partition coefficient (Wildman–Crippen LogP) is 1.63. The third-order valence-corrected chi connectivity index (χ3v) is 3.63. The van der Waals surface area contributed by atoms with E-state index in [1.165, 1.54) is 0 Å². The van der Waals surface area contributed by atoms with Crippen LogP contribution in [0, 0.1) is 5.92 Å². The van der Waals surface area contributed by atoms with Gasteiger partial charge in [-0.2, -0.15) is 0 Å². The van der Waals surface area contributed by atoms with E-state index in [1.807, 2.05) is 32.9 Å². The first kappa shape index (κ1) is 17.7.